The van der Waals surface area contributed by atoms with Crippen LogP contribution in [0.1, 0.15) is 36.9 Å². The molecule has 124 valence electrons. The molecule has 1 atom stereocenters. The third-order valence-corrected chi connectivity index (χ3v) is 3.37. The van der Waals surface area contributed by atoms with E-state index in [9.17, 15) is 18.0 Å². The minimum Gasteiger partial charge on any atom is -0.350 e. The van der Waals surface area contributed by atoms with Crippen LogP contribution in [0.3, 0.4) is 0 Å². The number of alkyl halides is 3. The van der Waals surface area contributed by atoms with Crippen molar-refractivity contribution in [1.82, 2.24) is 20.1 Å². The fourth-order valence-corrected chi connectivity index (χ4v) is 2.11. The van der Waals surface area contributed by atoms with Gasteiger partial charge in [-0.05, 0) is 31.0 Å². The van der Waals surface area contributed by atoms with Gasteiger partial charge in [0.1, 0.15) is 12.7 Å². The Morgan fingerprint density at radius 2 is 2.00 bits per heavy atom. The topological polar surface area (TPSA) is 59.8 Å². The smallest absolute Gasteiger partial charge is 0.350 e. The highest BCUT2D eigenvalue weighted by Crippen LogP contribution is 2.29. The number of aromatic nitrogens is 3. The van der Waals surface area contributed by atoms with Crippen molar-refractivity contribution in [2.45, 2.75) is 38.5 Å². The first-order valence-electron chi connectivity index (χ1n) is 7.15. The highest BCUT2D eigenvalue weighted by Gasteiger charge is 2.30. The van der Waals surface area contributed by atoms with Crippen molar-refractivity contribution < 1.29 is 18.0 Å². The molecule has 0 saturated heterocycles. The molecule has 23 heavy (non-hydrogen) atoms. The lowest BCUT2D eigenvalue weighted by molar-refractivity contribution is -0.137. The second-order valence-electron chi connectivity index (χ2n) is 5.17. The lowest BCUT2D eigenvalue weighted by atomic mass is 10.1. The number of carbonyl (C=O) groups excluding carboxylic acids is 1. The molecular formula is C15H17F3N4O. The molecule has 2 rings (SSSR count). The van der Waals surface area contributed by atoms with Crippen molar-refractivity contribution in [2.24, 2.45) is 0 Å². The molecular weight excluding hydrogens is 309 g/mol. The van der Waals surface area contributed by atoms with Crippen molar-refractivity contribution in [3.63, 3.8) is 0 Å². The quantitative estimate of drug-likeness (QED) is 0.888. The van der Waals surface area contributed by atoms with Crippen LogP contribution in [0.4, 0.5) is 13.2 Å². The van der Waals surface area contributed by atoms with E-state index in [1.165, 1.54) is 18.5 Å². The molecule has 5 nitrogen and oxygen atoms in total. The van der Waals surface area contributed by atoms with Crippen LogP contribution in [0.25, 0.3) is 0 Å². The molecule has 0 aliphatic rings. The molecule has 1 aromatic carbocycles. The van der Waals surface area contributed by atoms with E-state index >= 15 is 0 Å². The minimum atomic E-state index is -4.35. The second-order valence-corrected chi connectivity index (χ2v) is 5.17. The monoisotopic (exact) mass is 326 g/mol. The summed E-state index contributed by atoms with van der Waals surface area (Å²) >= 11 is 0. The van der Waals surface area contributed by atoms with E-state index in [2.05, 4.69) is 15.4 Å². The Hall–Kier alpha value is -2.38. The molecule has 0 saturated carbocycles. The molecule has 2 aromatic rings. The number of hydrogen-bond donors (Lipinski definition) is 1. The van der Waals surface area contributed by atoms with Crippen molar-refractivity contribution in [1.29, 1.82) is 0 Å². The summed E-state index contributed by atoms with van der Waals surface area (Å²) in [4.78, 5) is 15.6. The van der Waals surface area contributed by atoms with Crippen molar-refractivity contribution >= 4 is 5.91 Å². The van der Waals surface area contributed by atoms with Gasteiger partial charge in [-0.15, -0.1) is 0 Å². The summed E-state index contributed by atoms with van der Waals surface area (Å²) in [5, 5.41) is 6.70. The molecule has 8 heteroatoms. The van der Waals surface area contributed by atoms with Gasteiger partial charge in [0.05, 0.1) is 11.6 Å². The fourth-order valence-electron chi connectivity index (χ4n) is 2.11. The van der Waals surface area contributed by atoms with E-state index in [0.29, 0.717) is 24.9 Å². The number of benzene rings is 1. The number of aryl methyl sites for hydroxylation is 1. The zero-order chi connectivity index (χ0) is 16.9. The molecule has 0 radical (unpaired) electrons. The average Bonchev–Trinajstić information content (AvgIpc) is 2.99. The van der Waals surface area contributed by atoms with Gasteiger partial charge in [-0.25, -0.2) is 4.98 Å². The SMILES string of the molecule is C[C@H](NC(=O)CCCn1cncn1)c1ccc(C(F)(F)F)cc1. The molecule has 0 unspecified atom stereocenters. The van der Waals surface area contributed by atoms with Crippen LogP contribution in [0, 0.1) is 0 Å². The van der Waals surface area contributed by atoms with Gasteiger partial charge in [-0.2, -0.15) is 18.3 Å². The van der Waals surface area contributed by atoms with Crippen LogP contribution >= 0.6 is 0 Å². The molecule has 0 fully saturated rings. The standard InChI is InChI=1S/C15H17F3N4O/c1-11(12-4-6-13(7-5-12)15(16,17)18)21-14(23)3-2-8-22-10-19-9-20-22/h4-7,9-11H,2-3,8H2,1H3,(H,21,23)/t11-/m0/s1. The fraction of sp³-hybridized carbons (Fsp3) is 0.400. The van der Waals surface area contributed by atoms with Crippen LogP contribution in [0.5, 0.6) is 0 Å². The summed E-state index contributed by atoms with van der Waals surface area (Å²) in [6, 6.07) is 4.44. The Bertz CT molecular complexity index is 623. The number of amides is 1. The number of rotatable bonds is 6. The zero-order valence-electron chi connectivity index (χ0n) is 12.5. The molecule has 0 aliphatic carbocycles. The maximum Gasteiger partial charge on any atom is 0.416 e. The van der Waals surface area contributed by atoms with Crippen LogP contribution in [0.15, 0.2) is 36.9 Å². The van der Waals surface area contributed by atoms with Crippen molar-refractivity contribution in [3.8, 4) is 0 Å². The van der Waals surface area contributed by atoms with E-state index in [1.807, 2.05) is 0 Å². The zero-order valence-corrected chi connectivity index (χ0v) is 12.5. The predicted octanol–water partition coefficient (Wildman–Crippen LogP) is 2.95. The van der Waals surface area contributed by atoms with Crippen LogP contribution in [-0.4, -0.2) is 20.7 Å². The van der Waals surface area contributed by atoms with Gasteiger partial charge in [0, 0.05) is 13.0 Å². The minimum absolute atomic E-state index is 0.155. The van der Waals surface area contributed by atoms with Crippen LogP contribution in [-0.2, 0) is 17.5 Å². The maximum atomic E-state index is 12.5. The molecule has 0 aliphatic heterocycles. The Morgan fingerprint density at radius 3 is 2.57 bits per heavy atom. The third kappa shape index (κ3) is 5.08. The van der Waals surface area contributed by atoms with Crippen LogP contribution < -0.4 is 5.32 Å². The van der Waals surface area contributed by atoms with E-state index in [1.54, 1.807) is 17.9 Å². The Morgan fingerprint density at radius 1 is 1.30 bits per heavy atom. The normalized spacial score (nSPS) is 12.9. The highest BCUT2D eigenvalue weighted by molar-refractivity contribution is 5.76. The molecule has 0 bridgehead atoms. The molecule has 0 spiro atoms. The first-order valence-corrected chi connectivity index (χ1v) is 7.15. The first-order chi connectivity index (χ1) is 10.9. The Kier molecular flexibility index (Phi) is 5.36. The maximum absolute atomic E-state index is 12.5. The largest absolute Gasteiger partial charge is 0.416 e. The number of carbonyl (C=O) groups is 1. The van der Waals surface area contributed by atoms with E-state index in [-0.39, 0.29) is 11.9 Å². The van der Waals surface area contributed by atoms with E-state index in [4.69, 9.17) is 0 Å². The van der Waals surface area contributed by atoms with Gasteiger partial charge in [0.25, 0.3) is 0 Å². The summed E-state index contributed by atoms with van der Waals surface area (Å²) in [6.07, 6.45) is -0.443. The lowest BCUT2D eigenvalue weighted by Crippen LogP contribution is -2.26. The Balaban J connectivity index is 1.81. The summed E-state index contributed by atoms with van der Waals surface area (Å²) in [7, 11) is 0. The average molecular weight is 326 g/mol. The lowest BCUT2D eigenvalue weighted by Gasteiger charge is -2.15. The summed E-state index contributed by atoms with van der Waals surface area (Å²) in [5.74, 6) is -0.155. The molecule has 1 amide bonds. The van der Waals surface area contributed by atoms with Gasteiger partial charge >= 0.3 is 6.18 Å². The van der Waals surface area contributed by atoms with Gasteiger partial charge in [-0.1, -0.05) is 12.1 Å². The van der Waals surface area contributed by atoms with Gasteiger partial charge in [0.15, 0.2) is 0 Å². The third-order valence-electron chi connectivity index (χ3n) is 3.37. The summed E-state index contributed by atoms with van der Waals surface area (Å²) in [5.41, 5.74) is -0.0739. The summed E-state index contributed by atoms with van der Waals surface area (Å²) in [6.45, 7) is 2.32. The highest BCUT2D eigenvalue weighted by atomic mass is 19.4. The second kappa shape index (κ2) is 7.26. The van der Waals surface area contributed by atoms with Gasteiger partial charge in [-0.3, -0.25) is 9.48 Å². The first kappa shape index (κ1) is 17.0. The predicted molar refractivity (Wildman–Crippen MR) is 77.3 cm³/mol. The van der Waals surface area contributed by atoms with Crippen molar-refractivity contribution in [2.75, 3.05) is 0 Å². The number of halogens is 3. The molecule has 1 N–H and O–H groups in total. The number of nitrogens with one attached hydrogen (secondary N) is 1. The number of nitrogens with zero attached hydrogens (tertiary/aromatic N) is 3. The molecule has 1 aromatic heterocycles. The molecule has 1 heterocycles. The van der Waals surface area contributed by atoms with Gasteiger partial charge < -0.3 is 5.32 Å². The van der Waals surface area contributed by atoms with Gasteiger partial charge in [0.2, 0.25) is 5.91 Å². The van der Waals surface area contributed by atoms with Crippen LogP contribution in [0.2, 0.25) is 0 Å². The van der Waals surface area contributed by atoms with E-state index in [0.717, 1.165) is 12.1 Å². The van der Waals surface area contributed by atoms with E-state index < -0.39 is 11.7 Å². The Labute approximate surface area is 131 Å². The van der Waals surface area contributed by atoms with Crippen molar-refractivity contribution in [3.05, 3.63) is 48.0 Å². The summed E-state index contributed by atoms with van der Waals surface area (Å²) < 4.78 is 39.1. The number of hydrogen-bond acceptors (Lipinski definition) is 3.